The van der Waals surface area contributed by atoms with Crippen LogP contribution in [0.2, 0.25) is 0 Å². The van der Waals surface area contributed by atoms with Crippen LogP contribution in [-0.2, 0) is 0 Å². The van der Waals surface area contributed by atoms with Crippen LogP contribution in [-0.4, -0.2) is 12.5 Å². The Bertz CT molecular complexity index is 480. The molecule has 2 nitrogen and oxygen atoms in total. The SMILES string of the molecule is CCCCCCCC/C=C\CCCCCCCCNC(=O)c1ccccc1. The fourth-order valence-electron chi connectivity index (χ4n) is 3.27. The van der Waals surface area contributed by atoms with Crippen molar-refractivity contribution < 1.29 is 4.79 Å². The molecule has 1 amide bonds. The summed E-state index contributed by atoms with van der Waals surface area (Å²) in [4.78, 5) is 11.9. The third-order valence-electron chi connectivity index (χ3n) is 5.01. The second-order valence-corrected chi connectivity index (χ2v) is 7.56. The minimum absolute atomic E-state index is 0.0448. The molecule has 1 N–H and O–H groups in total. The van der Waals surface area contributed by atoms with E-state index in [1.165, 1.54) is 83.5 Å². The molecule has 0 radical (unpaired) electrons. The van der Waals surface area contributed by atoms with Crippen molar-refractivity contribution in [3.05, 3.63) is 48.0 Å². The number of carbonyl (C=O) groups is 1. The highest BCUT2D eigenvalue weighted by molar-refractivity contribution is 5.94. The van der Waals surface area contributed by atoms with E-state index in [9.17, 15) is 4.79 Å². The van der Waals surface area contributed by atoms with Gasteiger partial charge < -0.3 is 5.32 Å². The first-order valence-electron chi connectivity index (χ1n) is 11.3. The maximum Gasteiger partial charge on any atom is 0.251 e. The Labute approximate surface area is 167 Å². The largest absolute Gasteiger partial charge is 0.352 e. The van der Waals surface area contributed by atoms with Crippen LogP contribution in [0.5, 0.6) is 0 Å². The van der Waals surface area contributed by atoms with Crippen LogP contribution < -0.4 is 5.32 Å². The third-order valence-corrected chi connectivity index (χ3v) is 5.01. The Hall–Kier alpha value is -1.57. The molecule has 1 aromatic carbocycles. The van der Waals surface area contributed by atoms with E-state index in [0.29, 0.717) is 0 Å². The monoisotopic (exact) mass is 371 g/mol. The van der Waals surface area contributed by atoms with E-state index in [2.05, 4.69) is 24.4 Å². The molecule has 1 rings (SSSR count). The van der Waals surface area contributed by atoms with E-state index in [4.69, 9.17) is 0 Å². The van der Waals surface area contributed by atoms with Gasteiger partial charge in [-0.3, -0.25) is 4.79 Å². The van der Waals surface area contributed by atoms with Crippen molar-refractivity contribution >= 4 is 5.91 Å². The lowest BCUT2D eigenvalue weighted by atomic mass is 10.1. The van der Waals surface area contributed by atoms with E-state index in [1.54, 1.807) is 0 Å². The first kappa shape index (κ1) is 23.5. The van der Waals surface area contributed by atoms with E-state index in [-0.39, 0.29) is 5.91 Å². The summed E-state index contributed by atoms with van der Waals surface area (Å²) in [5.74, 6) is 0.0448. The maximum absolute atomic E-state index is 11.9. The van der Waals surface area contributed by atoms with E-state index < -0.39 is 0 Å². The number of hydrogen-bond acceptors (Lipinski definition) is 1. The quantitative estimate of drug-likeness (QED) is 0.223. The molecule has 152 valence electrons. The second kappa shape index (κ2) is 17.8. The summed E-state index contributed by atoms with van der Waals surface area (Å²) in [7, 11) is 0. The summed E-state index contributed by atoms with van der Waals surface area (Å²) >= 11 is 0. The van der Waals surface area contributed by atoms with Gasteiger partial charge in [-0.1, -0.05) is 95.1 Å². The van der Waals surface area contributed by atoms with Crippen LogP contribution in [0.25, 0.3) is 0 Å². The van der Waals surface area contributed by atoms with Crippen molar-refractivity contribution in [2.45, 2.75) is 96.8 Å². The lowest BCUT2D eigenvalue weighted by molar-refractivity contribution is 0.0953. The van der Waals surface area contributed by atoms with Crippen molar-refractivity contribution in [1.82, 2.24) is 5.32 Å². The third kappa shape index (κ3) is 14.2. The predicted molar refractivity (Wildman–Crippen MR) is 118 cm³/mol. The van der Waals surface area contributed by atoms with Crippen molar-refractivity contribution in [3.8, 4) is 0 Å². The summed E-state index contributed by atoms with van der Waals surface area (Å²) in [6, 6.07) is 9.45. The number of amides is 1. The van der Waals surface area contributed by atoms with E-state index in [1.807, 2.05) is 30.3 Å². The number of allylic oxidation sites excluding steroid dienone is 2. The molecule has 0 bridgehead atoms. The highest BCUT2D eigenvalue weighted by Gasteiger charge is 2.02. The molecule has 0 saturated carbocycles. The molecule has 1 aromatic rings. The minimum atomic E-state index is 0.0448. The van der Waals surface area contributed by atoms with Gasteiger partial charge in [-0.2, -0.15) is 0 Å². The second-order valence-electron chi connectivity index (χ2n) is 7.56. The zero-order valence-electron chi connectivity index (χ0n) is 17.6. The number of nitrogens with one attached hydrogen (secondary N) is 1. The van der Waals surface area contributed by atoms with Crippen LogP contribution in [0, 0.1) is 0 Å². The van der Waals surface area contributed by atoms with Crippen LogP contribution >= 0.6 is 0 Å². The zero-order chi connectivity index (χ0) is 19.4. The number of unbranched alkanes of at least 4 members (excludes halogenated alkanes) is 12. The molecular weight excluding hydrogens is 330 g/mol. The van der Waals surface area contributed by atoms with Crippen LogP contribution in [0.15, 0.2) is 42.5 Å². The Morgan fingerprint density at radius 3 is 1.85 bits per heavy atom. The molecule has 0 fully saturated rings. The molecule has 0 aliphatic rings. The van der Waals surface area contributed by atoms with Gasteiger partial charge in [0.1, 0.15) is 0 Å². The Morgan fingerprint density at radius 1 is 0.741 bits per heavy atom. The number of benzene rings is 1. The highest BCUT2D eigenvalue weighted by atomic mass is 16.1. The van der Waals surface area contributed by atoms with Crippen LogP contribution in [0.3, 0.4) is 0 Å². The molecule has 0 aromatic heterocycles. The molecular formula is C25H41NO. The fourth-order valence-corrected chi connectivity index (χ4v) is 3.27. The van der Waals surface area contributed by atoms with Gasteiger partial charge in [0, 0.05) is 12.1 Å². The van der Waals surface area contributed by atoms with Gasteiger partial charge in [-0.25, -0.2) is 0 Å². The van der Waals surface area contributed by atoms with Gasteiger partial charge in [0.2, 0.25) is 0 Å². The smallest absolute Gasteiger partial charge is 0.251 e. The summed E-state index contributed by atoms with van der Waals surface area (Å²) < 4.78 is 0. The summed E-state index contributed by atoms with van der Waals surface area (Å²) in [5.41, 5.74) is 0.752. The van der Waals surface area contributed by atoms with Crippen LogP contribution in [0.4, 0.5) is 0 Å². The first-order chi connectivity index (χ1) is 13.3. The number of hydrogen-bond donors (Lipinski definition) is 1. The van der Waals surface area contributed by atoms with Gasteiger partial charge in [-0.15, -0.1) is 0 Å². The van der Waals surface area contributed by atoms with Crippen molar-refractivity contribution in [1.29, 1.82) is 0 Å². The summed E-state index contributed by atoms with van der Waals surface area (Å²) in [5, 5.41) is 3.00. The lowest BCUT2D eigenvalue weighted by Gasteiger charge is -2.05. The van der Waals surface area contributed by atoms with E-state index in [0.717, 1.165) is 18.5 Å². The normalized spacial score (nSPS) is 11.1. The molecule has 2 heteroatoms. The zero-order valence-corrected chi connectivity index (χ0v) is 17.6. The fraction of sp³-hybridized carbons (Fsp3) is 0.640. The first-order valence-corrected chi connectivity index (χ1v) is 11.3. The minimum Gasteiger partial charge on any atom is -0.352 e. The average molecular weight is 372 g/mol. The maximum atomic E-state index is 11.9. The number of carbonyl (C=O) groups excluding carboxylic acids is 1. The molecule has 0 saturated heterocycles. The molecule has 0 heterocycles. The van der Waals surface area contributed by atoms with Crippen molar-refractivity contribution in [2.75, 3.05) is 6.54 Å². The van der Waals surface area contributed by atoms with Crippen LogP contribution in [0.1, 0.15) is 107 Å². The standard InChI is InChI=1S/C25H41NO/c1-2-3-4-5-6-7-8-9-10-11-12-13-14-15-16-20-23-26-25(27)24-21-18-17-19-22-24/h9-10,17-19,21-22H,2-8,11-16,20,23H2,1H3,(H,26,27)/b10-9-. The molecule has 0 aliphatic heterocycles. The van der Waals surface area contributed by atoms with Gasteiger partial charge in [0.05, 0.1) is 0 Å². The molecule has 0 unspecified atom stereocenters. The Balaban J connectivity index is 1.80. The predicted octanol–water partition coefficient (Wildman–Crippen LogP) is 7.45. The summed E-state index contributed by atoms with van der Waals surface area (Å²) in [6.07, 6.45) is 23.1. The van der Waals surface area contributed by atoms with Gasteiger partial charge >= 0.3 is 0 Å². The Morgan fingerprint density at radius 2 is 1.26 bits per heavy atom. The topological polar surface area (TPSA) is 29.1 Å². The lowest BCUT2D eigenvalue weighted by Crippen LogP contribution is -2.24. The molecule has 27 heavy (non-hydrogen) atoms. The Kier molecular flexibility index (Phi) is 15.5. The van der Waals surface area contributed by atoms with Gasteiger partial charge in [-0.05, 0) is 44.2 Å². The summed E-state index contributed by atoms with van der Waals surface area (Å²) in [6.45, 7) is 3.06. The molecule has 0 aliphatic carbocycles. The highest BCUT2D eigenvalue weighted by Crippen LogP contribution is 2.09. The van der Waals surface area contributed by atoms with Gasteiger partial charge in [0.25, 0.3) is 5.91 Å². The van der Waals surface area contributed by atoms with E-state index >= 15 is 0 Å². The van der Waals surface area contributed by atoms with Crippen molar-refractivity contribution in [2.24, 2.45) is 0 Å². The average Bonchev–Trinajstić information content (AvgIpc) is 2.70. The molecule has 0 spiro atoms. The van der Waals surface area contributed by atoms with Crippen molar-refractivity contribution in [3.63, 3.8) is 0 Å². The number of rotatable bonds is 17. The van der Waals surface area contributed by atoms with Gasteiger partial charge in [0.15, 0.2) is 0 Å². The molecule has 0 atom stereocenters.